The summed E-state index contributed by atoms with van der Waals surface area (Å²) in [6, 6.07) is -0.591. The van der Waals surface area contributed by atoms with E-state index in [1.54, 1.807) is 20.8 Å². The number of nitro groups is 1. The maximum Gasteiger partial charge on any atom is 0.312 e. The van der Waals surface area contributed by atoms with E-state index < -0.39 is 11.0 Å². The number of nitrogens with one attached hydrogen (secondary N) is 1. The number of carbonyl (C=O) groups excluding carboxylic acids is 1. The first-order valence-electron chi connectivity index (χ1n) is 7.69. The Morgan fingerprint density at radius 3 is 2.65 bits per heavy atom. The number of morpholine rings is 1. The highest BCUT2D eigenvalue weighted by Crippen LogP contribution is 2.24. The Morgan fingerprint density at radius 2 is 2.09 bits per heavy atom. The lowest BCUT2D eigenvalue weighted by Gasteiger charge is -2.26. The molecule has 0 aromatic carbocycles. The van der Waals surface area contributed by atoms with Gasteiger partial charge in [-0.1, -0.05) is 0 Å². The smallest absolute Gasteiger partial charge is 0.312 e. The number of amides is 1. The molecule has 1 aliphatic heterocycles. The maximum atomic E-state index is 12.2. The zero-order valence-electron chi connectivity index (χ0n) is 13.7. The van der Waals surface area contributed by atoms with Crippen LogP contribution in [-0.4, -0.2) is 64.9 Å². The molecule has 1 aromatic rings. The van der Waals surface area contributed by atoms with E-state index in [1.807, 2.05) is 0 Å². The Balaban J connectivity index is 1.92. The highest BCUT2D eigenvalue weighted by molar-refractivity contribution is 5.80. The van der Waals surface area contributed by atoms with Gasteiger partial charge in [-0.3, -0.25) is 24.5 Å². The van der Waals surface area contributed by atoms with Gasteiger partial charge in [0.2, 0.25) is 5.91 Å². The van der Waals surface area contributed by atoms with Gasteiger partial charge in [-0.25, -0.2) is 0 Å². The molecule has 2 heterocycles. The molecule has 1 unspecified atom stereocenters. The van der Waals surface area contributed by atoms with E-state index in [1.165, 1.54) is 4.68 Å². The minimum Gasteiger partial charge on any atom is -0.379 e. The molecule has 0 radical (unpaired) electrons. The number of hydrogen-bond acceptors (Lipinski definition) is 6. The van der Waals surface area contributed by atoms with Crippen molar-refractivity contribution >= 4 is 11.6 Å². The molecule has 1 atom stereocenters. The summed E-state index contributed by atoms with van der Waals surface area (Å²) in [6.07, 6.45) is 0. The molecule has 9 nitrogen and oxygen atoms in total. The second-order valence-electron chi connectivity index (χ2n) is 5.64. The van der Waals surface area contributed by atoms with Gasteiger partial charge < -0.3 is 10.1 Å². The molecule has 9 heteroatoms. The number of rotatable bonds is 6. The molecule has 128 valence electrons. The topological polar surface area (TPSA) is 103 Å². The summed E-state index contributed by atoms with van der Waals surface area (Å²) in [5.74, 6) is -0.196. The van der Waals surface area contributed by atoms with Crippen molar-refractivity contribution in [2.45, 2.75) is 26.8 Å². The van der Waals surface area contributed by atoms with Crippen molar-refractivity contribution < 1.29 is 14.5 Å². The van der Waals surface area contributed by atoms with Crippen LogP contribution in [0.5, 0.6) is 0 Å². The third-order valence-electron chi connectivity index (χ3n) is 4.05. The van der Waals surface area contributed by atoms with E-state index in [4.69, 9.17) is 4.74 Å². The van der Waals surface area contributed by atoms with Crippen molar-refractivity contribution in [3.63, 3.8) is 0 Å². The molecule has 2 rings (SSSR count). The van der Waals surface area contributed by atoms with Crippen LogP contribution < -0.4 is 5.32 Å². The normalized spacial score (nSPS) is 17.0. The van der Waals surface area contributed by atoms with Crippen molar-refractivity contribution in [2.24, 2.45) is 0 Å². The standard InChI is InChI=1S/C14H23N5O4/c1-10-13(19(21)22)11(2)18(16-10)12(3)14(20)15-4-5-17-6-8-23-9-7-17/h12H,4-9H2,1-3H3,(H,15,20). The predicted octanol–water partition coefficient (Wildman–Crippen LogP) is 0.418. The molecule has 1 aliphatic rings. The van der Waals surface area contributed by atoms with Gasteiger partial charge >= 0.3 is 5.69 Å². The highest BCUT2D eigenvalue weighted by atomic mass is 16.6. The van der Waals surface area contributed by atoms with Crippen LogP contribution in [0.1, 0.15) is 24.4 Å². The number of aromatic nitrogens is 2. The molecule has 23 heavy (non-hydrogen) atoms. The average molecular weight is 325 g/mol. The van der Waals surface area contributed by atoms with Gasteiger partial charge in [0, 0.05) is 26.2 Å². The van der Waals surface area contributed by atoms with Gasteiger partial charge in [0.1, 0.15) is 17.4 Å². The second kappa shape index (κ2) is 7.51. The molecule has 1 saturated heterocycles. The number of ether oxygens (including phenoxy) is 1. The van der Waals surface area contributed by atoms with Gasteiger partial charge in [0.25, 0.3) is 0 Å². The highest BCUT2D eigenvalue weighted by Gasteiger charge is 2.26. The Morgan fingerprint density at radius 1 is 1.43 bits per heavy atom. The molecule has 1 fully saturated rings. The van der Waals surface area contributed by atoms with Gasteiger partial charge in [-0.15, -0.1) is 0 Å². The summed E-state index contributed by atoms with van der Waals surface area (Å²) in [7, 11) is 0. The van der Waals surface area contributed by atoms with E-state index in [0.717, 1.165) is 32.8 Å². The summed E-state index contributed by atoms with van der Waals surface area (Å²) in [5, 5.41) is 18.0. The Bertz CT molecular complexity index is 580. The minimum atomic E-state index is -0.591. The lowest BCUT2D eigenvalue weighted by molar-refractivity contribution is -0.386. The van der Waals surface area contributed by atoms with Crippen molar-refractivity contribution in [1.29, 1.82) is 0 Å². The van der Waals surface area contributed by atoms with E-state index in [9.17, 15) is 14.9 Å². The van der Waals surface area contributed by atoms with E-state index in [0.29, 0.717) is 17.9 Å². The molecule has 0 bridgehead atoms. The summed E-state index contributed by atoms with van der Waals surface area (Å²) in [4.78, 5) is 25.0. The first-order chi connectivity index (χ1) is 10.9. The van der Waals surface area contributed by atoms with Crippen LogP contribution in [0, 0.1) is 24.0 Å². The molecule has 0 saturated carbocycles. The Kier molecular flexibility index (Phi) is 5.67. The van der Waals surface area contributed by atoms with Crippen LogP contribution in [0.3, 0.4) is 0 Å². The summed E-state index contributed by atoms with van der Waals surface area (Å²) >= 11 is 0. The van der Waals surface area contributed by atoms with Crippen LogP contribution in [0.15, 0.2) is 0 Å². The monoisotopic (exact) mass is 325 g/mol. The molecule has 1 amide bonds. The minimum absolute atomic E-state index is 0.0297. The van der Waals surface area contributed by atoms with E-state index >= 15 is 0 Å². The summed E-state index contributed by atoms with van der Waals surface area (Å²) in [5.41, 5.74) is 0.682. The number of carbonyl (C=O) groups is 1. The first-order valence-corrected chi connectivity index (χ1v) is 7.69. The molecule has 1 aromatic heterocycles. The third kappa shape index (κ3) is 4.05. The first kappa shape index (κ1) is 17.4. The zero-order valence-corrected chi connectivity index (χ0v) is 13.7. The van der Waals surface area contributed by atoms with Crippen LogP contribution in [-0.2, 0) is 9.53 Å². The fraction of sp³-hybridized carbons (Fsp3) is 0.714. The quantitative estimate of drug-likeness (QED) is 0.600. The maximum absolute atomic E-state index is 12.2. The molecule has 1 N–H and O–H groups in total. The summed E-state index contributed by atoms with van der Waals surface area (Å²) in [6.45, 7) is 9.35. The number of nitrogens with zero attached hydrogens (tertiary/aromatic N) is 4. The average Bonchev–Trinajstić information content (AvgIpc) is 2.82. The van der Waals surface area contributed by atoms with Crippen LogP contribution >= 0.6 is 0 Å². The lowest BCUT2D eigenvalue weighted by atomic mass is 10.2. The molecule has 0 spiro atoms. The van der Waals surface area contributed by atoms with Crippen LogP contribution in [0.2, 0.25) is 0 Å². The summed E-state index contributed by atoms with van der Waals surface area (Å²) < 4.78 is 6.69. The molecular weight excluding hydrogens is 302 g/mol. The predicted molar refractivity (Wildman–Crippen MR) is 83.3 cm³/mol. The van der Waals surface area contributed by atoms with Gasteiger partial charge in [0.05, 0.1) is 18.1 Å². The molecular formula is C14H23N5O4. The van der Waals surface area contributed by atoms with Gasteiger partial charge in [-0.2, -0.15) is 5.10 Å². The molecule has 0 aliphatic carbocycles. The van der Waals surface area contributed by atoms with Crippen molar-refractivity contribution in [3.8, 4) is 0 Å². The van der Waals surface area contributed by atoms with Crippen LogP contribution in [0.25, 0.3) is 0 Å². The van der Waals surface area contributed by atoms with E-state index in [2.05, 4.69) is 15.3 Å². The van der Waals surface area contributed by atoms with Crippen molar-refractivity contribution in [2.75, 3.05) is 39.4 Å². The van der Waals surface area contributed by atoms with Gasteiger partial charge in [-0.05, 0) is 20.8 Å². The van der Waals surface area contributed by atoms with Crippen molar-refractivity contribution in [1.82, 2.24) is 20.0 Å². The largest absolute Gasteiger partial charge is 0.379 e. The van der Waals surface area contributed by atoms with Gasteiger partial charge in [0.15, 0.2) is 0 Å². The number of aryl methyl sites for hydroxylation is 1. The Labute approximate surface area is 134 Å². The fourth-order valence-corrected chi connectivity index (χ4v) is 2.72. The van der Waals surface area contributed by atoms with Crippen molar-refractivity contribution in [3.05, 3.63) is 21.5 Å². The van der Waals surface area contributed by atoms with E-state index in [-0.39, 0.29) is 11.6 Å². The third-order valence-corrected chi connectivity index (χ3v) is 4.05. The SMILES string of the molecule is Cc1nn(C(C)C(=O)NCCN2CCOCC2)c(C)c1[N+](=O)[O-]. The number of hydrogen-bond donors (Lipinski definition) is 1. The zero-order chi connectivity index (χ0) is 17.0. The Hall–Kier alpha value is -2.00. The van der Waals surface area contributed by atoms with Crippen LogP contribution in [0.4, 0.5) is 5.69 Å². The lowest BCUT2D eigenvalue weighted by Crippen LogP contribution is -2.42. The fourth-order valence-electron chi connectivity index (χ4n) is 2.72. The second-order valence-corrected chi connectivity index (χ2v) is 5.64.